The van der Waals surface area contributed by atoms with Gasteiger partial charge in [0.05, 0.1) is 25.0 Å². The Morgan fingerprint density at radius 1 is 1.00 bits per heavy atom. The topological polar surface area (TPSA) is 46.2 Å². The van der Waals surface area contributed by atoms with Gasteiger partial charge in [-0.25, -0.2) is 4.98 Å². The van der Waals surface area contributed by atoms with Crippen LogP contribution >= 0.6 is 12.2 Å². The van der Waals surface area contributed by atoms with Crippen LogP contribution in [0.1, 0.15) is 22.7 Å². The minimum Gasteiger partial charge on any atom is -0.481 e. The van der Waals surface area contributed by atoms with Crippen LogP contribution in [0.4, 0.5) is 5.69 Å². The maximum absolute atomic E-state index is 5.54. The molecule has 0 amide bonds. The van der Waals surface area contributed by atoms with Crippen LogP contribution in [0.25, 0.3) is 0 Å². The van der Waals surface area contributed by atoms with Crippen molar-refractivity contribution in [3.8, 4) is 5.88 Å². The fourth-order valence-corrected chi connectivity index (χ4v) is 3.01. The molecule has 0 aliphatic rings. The Morgan fingerprint density at radius 3 is 2.38 bits per heavy atom. The fraction of sp³-hybridized carbons (Fsp3) is 0.143. The van der Waals surface area contributed by atoms with E-state index in [1.807, 2.05) is 36.4 Å². The van der Waals surface area contributed by atoms with E-state index in [0.29, 0.717) is 11.0 Å². The Balaban J connectivity index is 1.81. The van der Waals surface area contributed by atoms with Crippen molar-refractivity contribution in [3.05, 3.63) is 89.6 Å². The highest BCUT2D eigenvalue weighted by molar-refractivity contribution is 7.80. The summed E-state index contributed by atoms with van der Waals surface area (Å²) >= 11 is 5.54. The summed E-state index contributed by atoms with van der Waals surface area (Å²) in [6, 6.07) is 22.2. The minimum absolute atomic E-state index is 0.0383. The first-order valence-electron chi connectivity index (χ1n) is 8.35. The van der Waals surface area contributed by atoms with E-state index in [-0.39, 0.29) is 6.04 Å². The van der Waals surface area contributed by atoms with Crippen LogP contribution in [0.5, 0.6) is 5.88 Å². The normalized spacial score (nSPS) is 11.5. The number of pyridine rings is 1. The van der Waals surface area contributed by atoms with Gasteiger partial charge in [-0.15, -0.1) is 0 Å². The molecule has 132 valence electrons. The molecule has 0 radical (unpaired) electrons. The van der Waals surface area contributed by atoms with E-state index in [0.717, 1.165) is 11.3 Å². The summed E-state index contributed by atoms with van der Waals surface area (Å²) in [7, 11) is 1.59. The molecule has 0 saturated heterocycles. The molecule has 1 atom stereocenters. The van der Waals surface area contributed by atoms with Crippen LogP contribution in [0.3, 0.4) is 0 Å². The number of nitrogens with zero attached hydrogens (tertiary/aromatic N) is 1. The van der Waals surface area contributed by atoms with Gasteiger partial charge in [0.25, 0.3) is 0 Å². The quantitative estimate of drug-likeness (QED) is 0.655. The molecule has 0 fully saturated rings. The van der Waals surface area contributed by atoms with Crippen molar-refractivity contribution >= 4 is 23.0 Å². The number of rotatable bonds is 5. The van der Waals surface area contributed by atoms with Gasteiger partial charge < -0.3 is 15.4 Å². The zero-order chi connectivity index (χ0) is 18.4. The van der Waals surface area contributed by atoms with Crippen LogP contribution in [0.15, 0.2) is 72.9 Å². The molecule has 0 spiro atoms. The molecular formula is C21H21N3OS. The van der Waals surface area contributed by atoms with E-state index < -0.39 is 0 Å². The summed E-state index contributed by atoms with van der Waals surface area (Å²) in [5.41, 5.74) is 4.36. The Hall–Kier alpha value is -2.92. The second-order valence-corrected chi connectivity index (χ2v) is 6.30. The van der Waals surface area contributed by atoms with Gasteiger partial charge in [-0.1, -0.05) is 54.6 Å². The number of anilines is 1. The van der Waals surface area contributed by atoms with Crippen molar-refractivity contribution in [1.29, 1.82) is 0 Å². The van der Waals surface area contributed by atoms with E-state index in [9.17, 15) is 0 Å². The Labute approximate surface area is 159 Å². The third-order valence-corrected chi connectivity index (χ3v) is 4.33. The number of hydrogen-bond donors (Lipinski definition) is 2. The van der Waals surface area contributed by atoms with Crippen LogP contribution in [0.2, 0.25) is 0 Å². The molecule has 2 N–H and O–H groups in total. The molecule has 1 unspecified atom stereocenters. The lowest BCUT2D eigenvalue weighted by atomic mass is 9.95. The second-order valence-electron chi connectivity index (χ2n) is 5.89. The SMILES string of the molecule is COc1ccc(NC(=S)NC(c2ccccc2)c2ccccc2C)cn1. The highest BCUT2D eigenvalue weighted by Gasteiger charge is 2.17. The maximum Gasteiger partial charge on any atom is 0.213 e. The highest BCUT2D eigenvalue weighted by atomic mass is 32.1. The predicted molar refractivity (Wildman–Crippen MR) is 110 cm³/mol. The van der Waals surface area contributed by atoms with Crippen molar-refractivity contribution in [2.45, 2.75) is 13.0 Å². The monoisotopic (exact) mass is 363 g/mol. The molecule has 0 aliphatic carbocycles. The number of aryl methyl sites for hydroxylation is 1. The lowest BCUT2D eigenvalue weighted by molar-refractivity contribution is 0.398. The lowest BCUT2D eigenvalue weighted by Gasteiger charge is -2.23. The van der Waals surface area contributed by atoms with E-state index in [4.69, 9.17) is 17.0 Å². The minimum atomic E-state index is -0.0383. The molecule has 0 saturated carbocycles. The third-order valence-electron chi connectivity index (χ3n) is 4.11. The van der Waals surface area contributed by atoms with Gasteiger partial charge in [-0.05, 0) is 41.9 Å². The smallest absolute Gasteiger partial charge is 0.213 e. The van der Waals surface area contributed by atoms with Crippen LogP contribution in [-0.2, 0) is 0 Å². The average molecular weight is 363 g/mol. The van der Waals surface area contributed by atoms with Gasteiger partial charge in [-0.3, -0.25) is 0 Å². The summed E-state index contributed by atoms with van der Waals surface area (Å²) in [5, 5.41) is 7.15. The van der Waals surface area contributed by atoms with Gasteiger partial charge in [-0.2, -0.15) is 0 Å². The predicted octanol–water partition coefficient (Wildman–Crippen LogP) is 4.47. The van der Waals surface area contributed by atoms with E-state index in [1.54, 1.807) is 19.4 Å². The van der Waals surface area contributed by atoms with E-state index >= 15 is 0 Å². The number of thiocarbonyl (C=S) groups is 1. The van der Waals surface area contributed by atoms with Gasteiger partial charge in [0.15, 0.2) is 5.11 Å². The standard InChI is InChI=1S/C21H21N3OS/c1-15-8-6-7-11-18(15)20(16-9-4-3-5-10-16)24-21(26)23-17-12-13-19(25-2)22-14-17/h3-14,20H,1-2H3,(H2,23,24,26). The molecular weight excluding hydrogens is 342 g/mol. The Morgan fingerprint density at radius 2 is 1.73 bits per heavy atom. The van der Waals surface area contributed by atoms with Crippen LogP contribution in [0, 0.1) is 6.92 Å². The number of methoxy groups -OCH3 is 1. The molecule has 5 heteroatoms. The second kappa shape index (κ2) is 8.45. The first-order valence-corrected chi connectivity index (χ1v) is 8.76. The van der Waals surface area contributed by atoms with Crippen molar-refractivity contribution in [2.24, 2.45) is 0 Å². The van der Waals surface area contributed by atoms with E-state index in [1.165, 1.54) is 11.1 Å². The maximum atomic E-state index is 5.54. The van der Waals surface area contributed by atoms with Gasteiger partial charge in [0, 0.05) is 6.07 Å². The number of nitrogens with one attached hydrogen (secondary N) is 2. The number of aromatic nitrogens is 1. The third kappa shape index (κ3) is 4.37. The zero-order valence-electron chi connectivity index (χ0n) is 14.8. The molecule has 3 rings (SSSR count). The largest absolute Gasteiger partial charge is 0.481 e. The summed E-state index contributed by atoms with van der Waals surface area (Å²) in [6.45, 7) is 2.11. The highest BCUT2D eigenvalue weighted by Crippen LogP contribution is 2.25. The number of benzene rings is 2. The van der Waals surface area contributed by atoms with Crippen molar-refractivity contribution in [3.63, 3.8) is 0 Å². The fourth-order valence-electron chi connectivity index (χ4n) is 2.77. The zero-order valence-corrected chi connectivity index (χ0v) is 15.6. The van der Waals surface area contributed by atoms with Gasteiger partial charge in [0.2, 0.25) is 5.88 Å². The van der Waals surface area contributed by atoms with Crippen LogP contribution < -0.4 is 15.4 Å². The van der Waals surface area contributed by atoms with Crippen LogP contribution in [-0.4, -0.2) is 17.2 Å². The molecule has 2 aromatic carbocycles. The molecule has 26 heavy (non-hydrogen) atoms. The first-order chi connectivity index (χ1) is 12.7. The van der Waals surface area contributed by atoms with Crippen molar-refractivity contribution in [2.75, 3.05) is 12.4 Å². The summed E-state index contributed by atoms with van der Waals surface area (Å²) in [6.07, 6.45) is 1.69. The van der Waals surface area contributed by atoms with Crippen molar-refractivity contribution in [1.82, 2.24) is 10.3 Å². The van der Waals surface area contributed by atoms with Gasteiger partial charge in [0.1, 0.15) is 0 Å². The van der Waals surface area contributed by atoms with E-state index in [2.05, 4.69) is 46.8 Å². The lowest BCUT2D eigenvalue weighted by Crippen LogP contribution is -2.33. The Kier molecular flexibility index (Phi) is 5.81. The molecule has 0 bridgehead atoms. The van der Waals surface area contributed by atoms with Crippen molar-refractivity contribution < 1.29 is 4.74 Å². The molecule has 1 aromatic heterocycles. The number of ether oxygens (including phenoxy) is 1. The average Bonchev–Trinajstić information content (AvgIpc) is 2.68. The molecule has 1 heterocycles. The molecule has 0 aliphatic heterocycles. The summed E-state index contributed by atoms with van der Waals surface area (Å²) in [5.74, 6) is 0.566. The summed E-state index contributed by atoms with van der Waals surface area (Å²) in [4.78, 5) is 4.19. The Bertz CT molecular complexity index is 866. The summed E-state index contributed by atoms with van der Waals surface area (Å²) < 4.78 is 5.08. The first kappa shape index (κ1) is 17.9. The van der Waals surface area contributed by atoms with Gasteiger partial charge >= 0.3 is 0 Å². The number of hydrogen-bond acceptors (Lipinski definition) is 3. The molecule has 3 aromatic rings. The molecule has 4 nitrogen and oxygen atoms in total.